The van der Waals surface area contributed by atoms with Crippen LogP contribution in [0.3, 0.4) is 0 Å². The summed E-state index contributed by atoms with van der Waals surface area (Å²) in [6.07, 6.45) is -0.188. The summed E-state index contributed by atoms with van der Waals surface area (Å²) in [5, 5.41) is 2.24. The molecule has 0 aromatic rings. The van der Waals surface area contributed by atoms with Crippen molar-refractivity contribution in [3.63, 3.8) is 0 Å². The Morgan fingerprint density at radius 1 is 1.28 bits per heavy atom. The fraction of sp³-hybridized carbons (Fsp3) is 0.778. The van der Waals surface area contributed by atoms with Gasteiger partial charge in [-0.1, -0.05) is 0 Å². The molecule has 1 aliphatic rings. The van der Waals surface area contributed by atoms with Gasteiger partial charge >= 0.3 is 0 Å². The predicted molar refractivity (Wildman–Crippen MR) is 63.0 cm³/mol. The zero-order valence-electron chi connectivity index (χ0n) is 9.92. The zero-order valence-corrected chi connectivity index (χ0v) is 10.7. The molecular weight excluding hydrogens is 262 g/mol. The number of ether oxygens (including phenoxy) is 1. The summed E-state index contributed by atoms with van der Waals surface area (Å²) in [5.41, 5.74) is 4.85. The van der Waals surface area contributed by atoms with E-state index >= 15 is 0 Å². The van der Waals surface area contributed by atoms with E-state index < -0.39 is 21.8 Å². The highest BCUT2D eigenvalue weighted by atomic mass is 32.2. The molecule has 1 heterocycles. The number of nitrogens with zero attached hydrogens (tertiary/aromatic N) is 1. The van der Waals surface area contributed by atoms with Crippen LogP contribution in [-0.2, 0) is 24.3 Å². The molecular formula is C9H17N3O5S. The molecule has 0 radical (unpaired) electrons. The summed E-state index contributed by atoms with van der Waals surface area (Å²) >= 11 is 0. The first-order valence-corrected chi connectivity index (χ1v) is 7.13. The Morgan fingerprint density at radius 3 is 2.44 bits per heavy atom. The molecule has 0 aliphatic carbocycles. The number of rotatable bonds is 6. The fourth-order valence-electron chi connectivity index (χ4n) is 1.45. The van der Waals surface area contributed by atoms with Gasteiger partial charge in [-0.05, 0) is 0 Å². The minimum atomic E-state index is -3.44. The number of hydrogen-bond donors (Lipinski definition) is 2. The van der Waals surface area contributed by atoms with Crippen molar-refractivity contribution in [2.75, 3.05) is 38.6 Å². The zero-order chi connectivity index (χ0) is 13.6. The van der Waals surface area contributed by atoms with Crippen molar-refractivity contribution in [3.05, 3.63) is 0 Å². The van der Waals surface area contributed by atoms with E-state index in [-0.39, 0.29) is 18.7 Å². The summed E-state index contributed by atoms with van der Waals surface area (Å²) < 4.78 is 30.0. The molecule has 0 aromatic heterocycles. The van der Waals surface area contributed by atoms with Crippen LogP contribution >= 0.6 is 0 Å². The van der Waals surface area contributed by atoms with Gasteiger partial charge in [0.2, 0.25) is 21.8 Å². The van der Waals surface area contributed by atoms with Gasteiger partial charge in [0.15, 0.2) is 0 Å². The van der Waals surface area contributed by atoms with E-state index in [1.165, 1.54) is 4.31 Å². The summed E-state index contributed by atoms with van der Waals surface area (Å²) in [4.78, 5) is 21.7. The monoisotopic (exact) mass is 279 g/mol. The lowest BCUT2D eigenvalue weighted by Crippen LogP contribution is -2.42. The quantitative estimate of drug-likeness (QED) is 0.564. The van der Waals surface area contributed by atoms with Crippen LogP contribution in [0.2, 0.25) is 0 Å². The van der Waals surface area contributed by atoms with Gasteiger partial charge in [0.1, 0.15) is 0 Å². The van der Waals surface area contributed by atoms with E-state index in [4.69, 9.17) is 10.5 Å². The van der Waals surface area contributed by atoms with E-state index in [0.29, 0.717) is 26.3 Å². The van der Waals surface area contributed by atoms with Crippen molar-refractivity contribution in [1.82, 2.24) is 9.62 Å². The average Bonchev–Trinajstić information content (AvgIpc) is 2.35. The average molecular weight is 279 g/mol. The highest BCUT2D eigenvalue weighted by Gasteiger charge is 2.24. The van der Waals surface area contributed by atoms with E-state index in [1.54, 1.807) is 0 Å². The molecule has 1 aliphatic heterocycles. The van der Waals surface area contributed by atoms with Crippen LogP contribution in [0.25, 0.3) is 0 Å². The second-order valence-electron chi connectivity index (χ2n) is 3.82. The number of carbonyl (C=O) groups is 2. The molecule has 9 heteroatoms. The number of carbonyl (C=O) groups excluding carboxylic acids is 2. The number of amides is 2. The van der Waals surface area contributed by atoms with Crippen LogP contribution in [0, 0.1) is 0 Å². The maximum Gasteiger partial charge on any atom is 0.236 e. The molecule has 2 amide bonds. The molecule has 0 atom stereocenters. The number of nitrogens with one attached hydrogen (secondary N) is 1. The number of hydrogen-bond acceptors (Lipinski definition) is 5. The Morgan fingerprint density at radius 2 is 1.89 bits per heavy atom. The SMILES string of the molecule is NC(=O)CNC(=O)CCS(=O)(=O)N1CCOCC1. The van der Waals surface area contributed by atoms with Crippen LogP contribution < -0.4 is 11.1 Å². The van der Waals surface area contributed by atoms with Crippen LogP contribution in [0.15, 0.2) is 0 Å². The predicted octanol–water partition coefficient (Wildman–Crippen LogP) is -2.36. The van der Waals surface area contributed by atoms with Gasteiger partial charge in [-0.2, -0.15) is 4.31 Å². The lowest BCUT2D eigenvalue weighted by molar-refractivity contribution is -0.124. The first kappa shape index (κ1) is 14.9. The molecule has 1 rings (SSSR count). The number of nitrogens with two attached hydrogens (primary N) is 1. The van der Waals surface area contributed by atoms with Gasteiger partial charge < -0.3 is 15.8 Å². The molecule has 8 nitrogen and oxygen atoms in total. The molecule has 1 fully saturated rings. The molecule has 0 saturated carbocycles. The van der Waals surface area contributed by atoms with Crippen LogP contribution in [-0.4, -0.2) is 63.1 Å². The highest BCUT2D eigenvalue weighted by molar-refractivity contribution is 7.89. The first-order valence-electron chi connectivity index (χ1n) is 5.52. The van der Waals surface area contributed by atoms with Gasteiger partial charge in [-0.3, -0.25) is 9.59 Å². The molecule has 0 bridgehead atoms. The molecule has 0 unspecified atom stereocenters. The number of sulfonamides is 1. The summed E-state index contributed by atoms with van der Waals surface area (Å²) in [5.74, 6) is -1.46. The van der Waals surface area contributed by atoms with Crippen LogP contribution in [0.5, 0.6) is 0 Å². The van der Waals surface area contributed by atoms with E-state index in [0.717, 1.165) is 0 Å². The Labute approximate surface area is 105 Å². The van der Waals surface area contributed by atoms with Gasteiger partial charge in [0.25, 0.3) is 0 Å². The van der Waals surface area contributed by atoms with Crippen molar-refractivity contribution in [2.45, 2.75) is 6.42 Å². The number of primary amides is 1. The van der Waals surface area contributed by atoms with Gasteiger partial charge in [0, 0.05) is 19.5 Å². The molecule has 0 aromatic carbocycles. The second-order valence-corrected chi connectivity index (χ2v) is 5.91. The lowest BCUT2D eigenvalue weighted by Gasteiger charge is -2.25. The standard InChI is InChI=1S/C9H17N3O5S/c10-8(13)7-11-9(14)1-6-18(15,16)12-2-4-17-5-3-12/h1-7H2,(H2,10,13)(H,11,14). The Bertz CT molecular complexity index is 402. The minimum Gasteiger partial charge on any atom is -0.379 e. The van der Waals surface area contributed by atoms with E-state index in [9.17, 15) is 18.0 Å². The second kappa shape index (κ2) is 6.66. The summed E-state index contributed by atoms with van der Waals surface area (Å²) in [7, 11) is -3.44. The first-order chi connectivity index (χ1) is 8.42. The van der Waals surface area contributed by atoms with Crippen LogP contribution in [0.1, 0.15) is 6.42 Å². The third kappa shape index (κ3) is 4.98. The molecule has 104 valence electrons. The molecule has 0 spiro atoms. The van der Waals surface area contributed by atoms with E-state index in [2.05, 4.69) is 5.32 Å². The molecule has 3 N–H and O–H groups in total. The smallest absolute Gasteiger partial charge is 0.236 e. The molecule has 1 saturated heterocycles. The van der Waals surface area contributed by atoms with Gasteiger partial charge in [-0.25, -0.2) is 8.42 Å². The van der Waals surface area contributed by atoms with Crippen molar-refractivity contribution in [1.29, 1.82) is 0 Å². The summed E-state index contributed by atoms with van der Waals surface area (Å²) in [6, 6.07) is 0. The largest absolute Gasteiger partial charge is 0.379 e. The third-order valence-corrected chi connectivity index (χ3v) is 4.28. The Hall–Kier alpha value is -1.19. The lowest BCUT2D eigenvalue weighted by atomic mass is 10.4. The maximum absolute atomic E-state index is 11.8. The Balaban J connectivity index is 2.36. The topological polar surface area (TPSA) is 119 Å². The minimum absolute atomic E-state index is 0.188. The van der Waals surface area contributed by atoms with E-state index in [1.807, 2.05) is 0 Å². The van der Waals surface area contributed by atoms with Crippen molar-refractivity contribution in [2.24, 2.45) is 5.73 Å². The Kier molecular flexibility index (Phi) is 5.51. The van der Waals surface area contributed by atoms with Crippen LogP contribution in [0.4, 0.5) is 0 Å². The maximum atomic E-state index is 11.8. The van der Waals surface area contributed by atoms with Gasteiger partial charge in [0.05, 0.1) is 25.5 Å². The highest BCUT2D eigenvalue weighted by Crippen LogP contribution is 2.06. The summed E-state index contributed by atoms with van der Waals surface area (Å²) in [6.45, 7) is 1.08. The normalized spacial score (nSPS) is 17.3. The van der Waals surface area contributed by atoms with Crippen molar-refractivity contribution in [3.8, 4) is 0 Å². The third-order valence-electron chi connectivity index (χ3n) is 2.41. The van der Waals surface area contributed by atoms with Crippen molar-refractivity contribution < 1.29 is 22.7 Å². The number of morpholine rings is 1. The van der Waals surface area contributed by atoms with Crippen molar-refractivity contribution >= 4 is 21.8 Å². The van der Waals surface area contributed by atoms with Gasteiger partial charge in [-0.15, -0.1) is 0 Å². The molecule has 18 heavy (non-hydrogen) atoms. The fourth-order valence-corrected chi connectivity index (χ4v) is 2.86.